The van der Waals surface area contributed by atoms with E-state index in [1.165, 1.54) is 11.5 Å². The van der Waals surface area contributed by atoms with Crippen LogP contribution in [0.5, 0.6) is 0 Å². The Morgan fingerprint density at radius 1 is 1.06 bits per heavy atom. The Labute approximate surface area is 108 Å². The highest BCUT2D eigenvalue weighted by Gasteiger charge is 2.10. The Morgan fingerprint density at radius 3 is 2.56 bits per heavy atom. The monoisotopic (exact) mass is 256 g/mol. The number of nitrogens with zero attached hydrogens (tertiary/aromatic N) is 1. The molecule has 18 heavy (non-hydrogen) atoms. The van der Waals surface area contributed by atoms with Crippen LogP contribution in [0.2, 0.25) is 0 Å². The van der Waals surface area contributed by atoms with Gasteiger partial charge in [0.25, 0.3) is 5.56 Å². The van der Waals surface area contributed by atoms with Gasteiger partial charge in [-0.3, -0.25) is 4.79 Å². The van der Waals surface area contributed by atoms with Gasteiger partial charge in [-0.05, 0) is 23.8 Å². The van der Waals surface area contributed by atoms with E-state index >= 15 is 0 Å². The molecule has 0 saturated carbocycles. The molecule has 1 heterocycles. The summed E-state index contributed by atoms with van der Waals surface area (Å²) in [6, 6.07) is 15.4. The Bertz CT molecular complexity index is 758. The van der Waals surface area contributed by atoms with Gasteiger partial charge in [0.2, 0.25) is 0 Å². The number of rotatable bonds is 2. The molecule has 0 aliphatic rings. The number of benzene rings is 2. The van der Waals surface area contributed by atoms with Crippen molar-refractivity contribution in [1.29, 1.82) is 0 Å². The highest BCUT2D eigenvalue weighted by Crippen LogP contribution is 2.21. The average molecular weight is 256 g/mol. The highest BCUT2D eigenvalue weighted by atomic mass is 32.1. The zero-order valence-electron chi connectivity index (χ0n) is 9.67. The molecular weight excluding hydrogens is 244 g/mol. The van der Waals surface area contributed by atoms with Crippen molar-refractivity contribution in [2.45, 2.75) is 6.54 Å². The van der Waals surface area contributed by atoms with E-state index in [0.717, 1.165) is 21.3 Å². The molecule has 0 fully saturated rings. The number of para-hydroxylation sites is 1. The molecule has 0 aliphatic carbocycles. The van der Waals surface area contributed by atoms with Crippen LogP contribution >= 0.6 is 11.5 Å². The summed E-state index contributed by atoms with van der Waals surface area (Å²) < 4.78 is 2.71. The Balaban J connectivity index is 2.32. The summed E-state index contributed by atoms with van der Waals surface area (Å²) in [5.41, 5.74) is 7.60. The van der Waals surface area contributed by atoms with Crippen LogP contribution in [0, 0.1) is 0 Å². The molecular formula is C14H12N2OS. The van der Waals surface area contributed by atoms with Crippen LogP contribution in [0.4, 0.5) is 0 Å². The molecule has 1 aromatic heterocycles. The molecule has 3 aromatic rings. The third-order valence-electron chi connectivity index (χ3n) is 2.92. The molecule has 90 valence electrons. The first-order valence-electron chi connectivity index (χ1n) is 5.70. The fourth-order valence-corrected chi connectivity index (χ4v) is 3.06. The number of fused-ring (bicyclic) bond motifs is 1. The molecule has 0 atom stereocenters. The molecule has 0 bridgehead atoms. The lowest BCUT2D eigenvalue weighted by atomic mass is 10.2. The summed E-state index contributed by atoms with van der Waals surface area (Å²) >= 11 is 1.46. The lowest BCUT2D eigenvalue weighted by molar-refractivity contribution is 1.02. The largest absolute Gasteiger partial charge is 0.326 e. The van der Waals surface area contributed by atoms with Crippen molar-refractivity contribution >= 4 is 21.6 Å². The van der Waals surface area contributed by atoms with E-state index in [9.17, 15) is 4.79 Å². The van der Waals surface area contributed by atoms with Gasteiger partial charge >= 0.3 is 0 Å². The number of aromatic nitrogens is 1. The molecule has 0 unspecified atom stereocenters. The molecule has 0 radical (unpaired) electrons. The maximum Gasteiger partial charge on any atom is 0.273 e. The Kier molecular flexibility index (Phi) is 2.74. The molecule has 2 N–H and O–H groups in total. The van der Waals surface area contributed by atoms with Crippen LogP contribution < -0.4 is 11.3 Å². The fourth-order valence-electron chi connectivity index (χ4n) is 2.01. The van der Waals surface area contributed by atoms with E-state index in [-0.39, 0.29) is 5.56 Å². The first-order valence-corrected chi connectivity index (χ1v) is 6.48. The summed E-state index contributed by atoms with van der Waals surface area (Å²) in [6.45, 7) is 0.427. The maximum absolute atomic E-state index is 12.3. The van der Waals surface area contributed by atoms with Crippen LogP contribution in [-0.4, -0.2) is 3.96 Å². The topological polar surface area (TPSA) is 48.0 Å². The molecule has 0 amide bonds. The fraction of sp³-hybridized carbons (Fsp3) is 0.0714. The SMILES string of the molecule is NCc1ccccc1-n1sc2ccccc2c1=O. The van der Waals surface area contributed by atoms with Crippen LogP contribution in [0.3, 0.4) is 0 Å². The lowest BCUT2D eigenvalue weighted by Gasteiger charge is -2.05. The number of hydrogen-bond acceptors (Lipinski definition) is 3. The van der Waals surface area contributed by atoms with Gasteiger partial charge in [-0.2, -0.15) is 0 Å². The summed E-state index contributed by atoms with van der Waals surface area (Å²) in [6.07, 6.45) is 0. The minimum atomic E-state index is 0.0245. The summed E-state index contributed by atoms with van der Waals surface area (Å²) in [7, 11) is 0. The van der Waals surface area contributed by atoms with E-state index in [1.54, 1.807) is 3.96 Å². The third-order valence-corrected chi connectivity index (χ3v) is 4.02. The van der Waals surface area contributed by atoms with Crippen molar-refractivity contribution in [2.75, 3.05) is 0 Å². The molecule has 3 nitrogen and oxygen atoms in total. The van der Waals surface area contributed by atoms with E-state index in [0.29, 0.717) is 6.54 Å². The zero-order valence-corrected chi connectivity index (χ0v) is 10.5. The summed E-state index contributed by atoms with van der Waals surface area (Å²) in [4.78, 5) is 12.3. The average Bonchev–Trinajstić information content (AvgIpc) is 2.76. The lowest BCUT2D eigenvalue weighted by Crippen LogP contribution is -2.13. The second-order valence-electron chi connectivity index (χ2n) is 4.02. The van der Waals surface area contributed by atoms with Crippen molar-refractivity contribution in [3.8, 4) is 5.69 Å². The molecule has 3 rings (SSSR count). The smallest absolute Gasteiger partial charge is 0.273 e. The van der Waals surface area contributed by atoms with Gasteiger partial charge in [0.15, 0.2) is 0 Å². The van der Waals surface area contributed by atoms with Crippen molar-refractivity contribution in [3.05, 3.63) is 64.4 Å². The predicted octanol–water partition coefficient (Wildman–Crippen LogP) is 2.51. The van der Waals surface area contributed by atoms with Gasteiger partial charge in [0.05, 0.1) is 15.8 Å². The Hall–Kier alpha value is -1.91. The van der Waals surface area contributed by atoms with Crippen LogP contribution in [0.15, 0.2) is 53.3 Å². The minimum absolute atomic E-state index is 0.0245. The van der Waals surface area contributed by atoms with Gasteiger partial charge in [-0.15, -0.1) is 0 Å². The molecule has 0 spiro atoms. The second-order valence-corrected chi connectivity index (χ2v) is 5.01. The normalized spacial score (nSPS) is 10.9. The van der Waals surface area contributed by atoms with Gasteiger partial charge in [-0.1, -0.05) is 41.9 Å². The van der Waals surface area contributed by atoms with Gasteiger partial charge in [0, 0.05) is 6.54 Å². The first kappa shape index (κ1) is 11.2. The van der Waals surface area contributed by atoms with E-state index in [4.69, 9.17) is 5.73 Å². The zero-order chi connectivity index (χ0) is 12.5. The Morgan fingerprint density at radius 2 is 1.78 bits per heavy atom. The second kappa shape index (κ2) is 4.40. The molecule has 0 saturated heterocycles. The van der Waals surface area contributed by atoms with Crippen molar-refractivity contribution < 1.29 is 0 Å². The standard InChI is InChI=1S/C14H12N2OS/c15-9-10-5-1-3-7-12(10)16-14(17)11-6-2-4-8-13(11)18-16/h1-8H,9,15H2. The maximum atomic E-state index is 12.3. The van der Waals surface area contributed by atoms with E-state index < -0.39 is 0 Å². The van der Waals surface area contributed by atoms with Crippen molar-refractivity contribution in [3.63, 3.8) is 0 Å². The van der Waals surface area contributed by atoms with Crippen molar-refractivity contribution in [2.24, 2.45) is 5.73 Å². The first-order chi connectivity index (χ1) is 8.81. The molecule has 2 aromatic carbocycles. The van der Waals surface area contributed by atoms with Crippen molar-refractivity contribution in [1.82, 2.24) is 3.96 Å². The quantitative estimate of drug-likeness (QED) is 0.766. The summed E-state index contributed by atoms with van der Waals surface area (Å²) in [5.74, 6) is 0. The van der Waals surface area contributed by atoms with Crippen LogP contribution in [0.1, 0.15) is 5.56 Å². The van der Waals surface area contributed by atoms with Crippen LogP contribution in [0.25, 0.3) is 15.8 Å². The minimum Gasteiger partial charge on any atom is -0.326 e. The molecule has 4 heteroatoms. The molecule has 0 aliphatic heterocycles. The van der Waals surface area contributed by atoms with E-state index in [2.05, 4.69) is 0 Å². The van der Waals surface area contributed by atoms with Gasteiger partial charge in [-0.25, -0.2) is 3.96 Å². The summed E-state index contributed by atoms with van der Waals surface area (Å²) in [5, 5.41) is 0.759. The van der Waals surface area contributed by atoms with E-state index in [1.807, 2.05) is 48.5 Å². The number of nitrogens with two attached hydrogens (primary N) is 1. The van der Waals surface area contributed by atoms with Crippen LogP contribution in [-0.2, 0) is 6.54 Å². The van der Waals surface area contributed by atoms with Gasteiger partial charge in [0.1, 0.15) is 0 Å². The van der Waals surface area contributed by atoms with Gasteiger partial charge < -0.3 is 5.73 Å². The number of hydrogen-bond donors (Lipinski definition) is 1. The third kappa shape index (κ3) is 1.66. The predicted molar refractivity (Wildman–Crippen MR) is 75.3 cm³/mol. The highest BCUT2D eigenvalue weighted by molar-refractivity contribution is 7.14.